The van der Waals surface area contributed by atoms with Crippen molar-refractivity contribution in [3.05, 3.63) is 22.8 Å². The maximum absolute atomic E-state index is 12.3. The molecule has 0 fully saturated rings. The van der Waals surface area contributed by atoms with E-state index in [1.165, 1.54) is 29.6 Å². The molecule has 0 radical (unpaired) electrons. The summed E-state index contributed by atoms with van der Waals surface area (Å²) in [7, 11) is 0. The van der Waals surface area contributed by atoms with Crippen LogP contribution < -0.4 is 0 Å². The van der Waals surface area contributed by atoms with E-state index in [1.807, 2.05) is 13.8 Å². The highest BCUT2D eigenvalue weighted by Crippen LogP contribution is 2.48. The van der Waals surface area contributed by atoms with Crippen molar-refractivity contribution in [3.63, 3.8) is 0 Å². The van der Waals surface area contributed by atoms with Crippen LogP contribution in [-0.4, -0.2) is 12.6 Å². The topological polar surface area (TPSA) is 26.3 Å². The summed E-state index contributed by atoms with van der Waals surface area (Å²) < 4.78 is 5.28. The van der Waals surface area contributed by atoms with Crippen LogP contribution in [0, 0.1) is 17.3 Å². The van der Waals surface area contributed by atoms with Gasteiger partial charge in [-0.2, -0.15) is 0 Å². The van der Waals surface area contributed by atoms with Crippen molar-refractivity contribution in [1.82, 2.24) is 0 Å². The lowest BCUT2D eigenvalue weighted by Crippen LogP contribution is -2.33. The van der Waals surface area contributed by atoms with Gasteiger partial charge in [0.25, 0.3) is 0 Å². The molecule has 120 valence electrons. The van der Waals surface area contributed by atoms with Gasteiger partial charge >= 0.3 is 5.97 Å². The van der Waals surface area contributed by atoms with Crippen LogP contribution in [-0.2, 0) is 9.53 Å². The molecule has 0 heterocycles. The Kier molecular flexibility index (Phi) is 6.24. The van der Waals surface area contributed by atoms with E-state index in [9.17, 15) is 4.79 Å². The second kappa shape index (κ2) is 7.29. The van der Waals surface area contributed by atoms with Crippen LogP contribution in [0.25, 0.3) is 0 Å². The highest BCUT2D eigenvalue weighted by molar-refractivity contribution is 5.73. The van der Waals surface area contributed by atoms with E-state index in [1.54, 1.807) is 0 Å². The van der Waals surface area contributed by atoms with Crippen molar-refractivity contribution in [2.75, 3.05) is 6.61 Å². The molecule has 1 aliphatic carbocycles. The van der Waals surface area contributed by atoms with E-state index < -0.39 is 0 Å². The maximum Gasteiger partial charge on any atom is 0.309 e. The summed E-state index contributed by atoms with van der Waals surface area (Å²) >= 11 is 0. The molecule has 0 N–H and O–H groups in total. The molecular formula is C19H32O2. The molecule has 21 heavy (non-hydrogen) atoms. The molecule has 0 bridgehead atoms. The van der Waals surface area contributed by atoms with Crippen LogP contribution in [0.4, 0.5) is 0 Å². The summed E-state index contributed by atoms with van der Waals surface area (Å²) in [5.41, 5.74) is 4.37. The van der Waals surface area contributed by atoms with E-state index in [4.69, 9.17) is 4.74 Å². The molecule has 0 aliphatic heterocycles. The average molecular weight is 292 g/mol. The van der Waals surface area contributed by atoms with Gasteiger partial charge in [-0.15, -0.1) is 0 Å². The molecule has 2 heteroatoms. The summed E-state index contributed by atoms with van der Waals surface area (Å²) in [6.07, 6.45) is 5.74. The molecule has 1 aliphatic rings. The van der Waals surface area contributed by atoms with Crippen LogP contribution >= 0.6 is 0 Å². The first-order valence-corrected chi connectivity index (χ1v) is 8.25. The van der Waals surface area contributed by atoms with Crippen LogP contribution in [0.15, 0.2) is 22.8 Å². The standard InChI is InChI=1S/C19H32O2/c1-8-13(3)16(15(5)18(20)21-9-2)17-14(4)11-10-12-19(17,6)7/h8,15-16H,9-12H2,1-7H3. The molecule has 2 nitrogen and oxygen atoms in total. The molecule has 0 aromatic carbocycles. The van der Waals surface area contributed by atoms with Gasteiger partial charge in [-0.3, -0.25) is 4.79 Å². The maximum atomic E-state index is 12.3. The zero-order chi connectivity index (χ0) is 16.2. The Bertz CT molecular complexity index is 440. The van der Waals surface area contributed by atoms with E-state index in [-0.39, 0.29) is 23.2 Å². The zero-order valence-electron chi connectivity index (χ0n) is 14.9. The second-order valence-corrected chi connectivity index (χ2v) is 6.98. The SMILES string of the molecule is CC=C(C)C(C1=C(C)CCCC1(C)C)C(C)C(=O)OCC. The summed E-state index contributed by atoms with van der Waals surface area (Å²) in [6.45, 7) is 15.4. The van der Waals surface area contributed by atoms with Crippen molar-refractivity contribution in [1.29, 1.82) is 0 Å². The fourth-order valence-electron chi connectivity index (χ4n) is 3.79. The predicted octanol–water partition coefficient (Wildman–Crippen LogP) is 5.29. The van der Waals surface area contributed by atoms with Gasteiger partial charge in [0.2, 0.25) is 0 Å². The molecule has 0 saturated carbocycles. The molecule has 0 aromatic heterocycles. The van der Waals surface area contributed by atoms with Crippen molar-refractivity contribution in [2.45, 2.75) is 67.7 Å². The highest BCUT2D eigenvalue weighted by Gasteiger charge is 2.38. The fraction of sp³-hybridized carbons (Fsp3) is 0.737. The van der Waals surface area contributed by atoms with Gasteiger partial charge in [-0.25, -0.2) is 0 Å². The number of carbonyl (C=O) groups is 1. The van der Waals surface area contributed by atoms with E-state index in [0.717, 1.165) is 6.42 Å². The van der Waals surface area contributed by atoms with Gasteiger partial charge in [0.15, 0.2) is 0 Å². The minimum Gasteiger partial charge on any atom is -0.466 e. The van der Waals surface area contributed by atoms with Crippen LogP contribution in [0.1, 0.15) is 67.7 Å². The van der Waals surface area contributed by atoms with Crippen molar-refractivity contribution < 1.29 is 9.53 Å². The van der Waals surface area contributed by atoms with E-state index in [0.29, 0.717) is 6.61 Å². The second-order valence-electron chi connectivity index (χ2n) is 6.98. The Hall–Kier alpha value is -1.05. The number of hydrogen-bond acceptors (Lipinski definition) is 2. The van der Waals surface area contributed by atoms with Crippen molar-refractivity contribution in [2.24, 2.45) is 17.3 Å². The lowest BCUT2D eigenvalue weighted by atomic mass is 9.64. The zero-order valence-corrected chi connectivity index (χ0v) is 14.9. The largest absolute Gasteiger partial charge is 0.466 e. The van der Waals surface area contributed by atoms with Gasteiger partial charge < -0.3 is 4.74 Å². The van der Waals surface area contributed by atoms with Crippen molar-refractivity contribution in [3.8, 4) is 0 Å². The number of hydrogen-bond donors (Lipinski definition) is 0. The fourth-order valence-corrected chi connectivity index (χ4v) is 3.79. The molecule has 1 rings (SSSR count). The number of ether oxygens (including phenoxy) is 1. The Morgan fingerprint density at radius 3 is 2.52 bits per heavy atom. The number of rotatable bonds is 5. The van der Waals surface area contributed by atoms with Crippen LogP contribution in [0.5, 0.6) is 0 Å². The predicted molar refractivity (Wildman–Crippen MR) is 89.1 cm³/mol. The first-order valence-electron chi connectivity index (χ1n) is 8.25. The molecule has 0 amide bonds. The summed E-state index contributed by atoms with van der Waals surface area (Å²) in [6, 6.07) is 0. The first kappa shape index (κ1) is 18.0. The number of esters is 1. The summed E-state index contributed by atoms with van der Waals surface area (Å²) in [5.74, 6) is -0.0294. The lowest BCUT2D eigenvalue weighted by Gasteiger charge is -2.41. The Balaban J connectivity index is 3.28. The molecule has 2 unspecified atom stereocenters. The minimum absolute atomic E-state index is 0.0784. The van der Waals surface area contributed by atoms with Crippen LogP contribution in [0.2, 0.25) is 0 Å². The Morgan fingerprint density at radius 1 is 1.43 bits per heavy atom. The average Bonchev–Trinajstić information content (AvgIpc) is 2.41. The van der Waals surface area contributed by atoms with Gasteiger partial charge in [0.05, 0.1) is 12.5 Å². The normalized spacial score (nSPS) is 22.0. The third kappa shape index (κ3) is 3.99. The van der Waals surface area contributed by atoms with Gasteiger partial charge in [0.1, 0.15) is 0 Å². The lowest BCUT2D eigenvalue weighted by molar-refractivity contribution is -0.148. The van der Waals surface area contributed by atoms with Crippen LogP contribution in [0.3, 0.4) is 0 Å². The number of carbonyl (C=O) groups excluding carboxylic acids is 1. The molecule has 2 atom stereocenters. The smallest absolute Gasteiger partial charge is 0.309 e. The third-order valence-electron chi connectivity index (χ3n) is 4.96. The molecular weight excluding hydrogens is 260 g/mol. The molecule has 0 saturated heterocycles. The van der Waals surface area contributed by atoms with Crippen molar-refractivity contribution >= 4 is 5.97 Å². The van der Waals surface area contributed by atoms with E-state index >= 15 is 0 Å². The van der Waals surface area contributed by atoms with E-state index in [2.05, 4.69) is 40.7 Å². The van der Waals surface area contributed by atoms with Gasteiger partial charge in [0, 0.05) is 5.92 Å². The first-order chi connectivity index (χ1) is 9.76. The third-order valence-corrected chi connectivity index (χ3v) is 4.96. The minimum atomic E-state index is -0.122. The monoisotopic (exact) mass is 292 g/mol. The Morgan fingerprint density at radius 2 is 2.05 bits per heavy atom. The number of allylic oxidation sites excluding steroid dienone is 4. The summed E-state index contributed by atoms with van der Waals surface area (Å²) in [5, 5.41) is 0. The Labute approximate surface area is 130 Å². The summed E-state index contributed by atoms with van der Waals surface area (Å²) in [4.78, 5) is 12.3. The molecule has 0 aromatic rings. The molecule has 0 spiro atoms. The van der Waals surface area contributed by atoms with Gasteiger partial charge in [-0.05, 0) is 52.4 Å². The van der Waals surface area contributed by atoms with Gasteiger partial charge in [-0.1, -0.05) is 43.6 Å². The highest BCUT2D eigenvalue weighted by atomic mass is 16.5. The quantitative estimate of drug-likeness (QED) is 0.508.